The number of piperidine rings is 1. The first kappa shape index (κ1) is 16.1. The van der Waals surface area contributed by atoms with E-state index in [9.17, 15) is 9.90 Å². The minimum Gasteiger partial charge on any atom is -0.507 e. The third kappa shape index (κ3) is 4.35. The van der Waals surface area contributed by atoms with Crippen molar-refractivity contribution in [1.29, 1.82) is 0 Å². The molecule has 1 aliphatic rings. The molecule has 1 fully saturated rings. The number of nitrogens with one attached hydrogen (secondary N) is 1. The van der Waals surface area contributed by atoms with E-state index in [4.69, 9.17) is 11.6 Å². The fourth-order valence-electron chi connectivity index (χ4n) is 2.79. The second-order valence-corrected chi connectivity index (χ2v) is 6.06. The van der Waals surface area contributed by atoms with Gasteiger partial charge in [-0.1, -0.05) is 18.5 Å². The summed E-state index contributed by atoms with van der Waals surface area (Å²) in [7, 11) is 0. The van der Waals surface area contributed by atoms with Crippen molar-refractivity contribution in [2.75, 3.05) is 26.2 Å². The second kappa shape index (κ2) is 7.66. The summed E-state index contributed by atoms with van der Waals surface area (Å²) < 4.78 is 0. The van der Waals surface area contributed by atoms with Crippen LogP contribution in [0.15, 0.2) is 18.2 Å². The van der Waals surface area contributed by atoms with Crippen LogP contribution in [-0.2, 0) is 0 Å². The molecule has 1 unspecified atom stereocenters. The molecule has 4 nitrogen and oxygen atoms in total. The molecular formula is C16H23ClN2O2. The lowest BCUT2D eigenvalue weighted by atomic mass is 9.98. The molecule has 1 aromatic rings. The number of carbonyl (C=O) groups excluding carboxylic acids is 1. The average Bonchev–Trinajstić information content (AvgIpc) is 2.47. The third-order valence-electron chi connectivity index (χ3n) is 3.85. The van der Waals surface area contributed by atoms with Gasteiger partial charge in [-0.05, 0) is 56.5 Å². The van der Waals surface area contributed by atoms with Gasteiger partial charge >= 0.3 is 0 Å². The molecular weight excluding hydrogens is 288 g/mol. The Morgan fingerprint density at radius 1 is 1.52 bits per heavy atom. The first-order valence-corrected chi connectivity index (χ1v) is 7.98. The van der Waals surface area contributed by atoms with E-state index < -0.39 is 0 Å². The number of benzene rings is 1. The molecule has 1 aromatic carbocycles. The molecule has 1 amide bonds. The number of halogens is 1. The Bertz CT molecular complexity index is 487. The summed E-state index contributed by atoms with van der Waals surface area (Å²) in [5.41, 5.74) is 0.330. The monoisotopic (exact) mass is 310 g/mol. The van der Waals surface area contributed by atoms with E-state index in [0.717, 1.165) is 38.9 Å². The van der Waals surface area contributed by atoms with Gasteiger partial charge in [-0.25, -0.2) is 0 Å². The average molecular weight is 311 g/mol. The fraction of sp³-hybridized carbons (Fsp3) is 0.562. The lowest BCUT2D eigenvalue weighted by molar-refractivity contribution is 0.0716. The number of phenols is 1. The highest BCUT2D eigenvalue weighted by Crippen LogP contribution is 2.24. The Kier molecular flexibility index (Phi) is 5.88. The Morgan fingerprint density at radius 3 is 2.95 bits per heavy atom. The topological polar surface area (TPSA) is 52.6 Å². The van der Waals surface area contributed by atoms with Gasteiger partial charge in [0.2, 0.25) is 0 Å². The van der Waals surface area contributed by atoms with Gasteiger partial charge in [-0.3, -0.25) is 4.79 Å². The summed E-state index contributed by atoms with van der Waals surface area (Å²) >= 11 is 5.82. The molecule has 1 atom stereocenters. The van der Waals surface area contributed by atoms with Crippen molar-refractivity contribution >= 4 is 17.5 Å². The van der Waals surface area contributed by atoms with E-state index >= 15 is 0 Å². The zero-order chi connectivity index (χ0) is 15.2. The van der Waals surface area contributed by atoms with Crippen LogP contribution in [0.3, 0.4) is 0 Å². The SMILES string of the molecule is CCCN(CC1CCCNC1)C(=O)c1ccc(Cl)cc1O. The summed E-state index contributed by atoms with van der Waals surface area (Å²) in [5.74, 6) is 0.329. The lowest BCUT2D eigenvalue weighted by Gasteiger charge is -2.30. The zero-order valence-electron chi connectivity index (χ0n) is 12.4. The number of carbonyl (C=O) groups is 1. The van der Waals surface area contributed by atoms with Gasteiger partial charge in [0.1, 0.15) is 5.75 Å². The zero-order valence-corrected chi connectivity index (χ0v) is 13.2. The van der Waals surface area contributed by atoms with Crippen molar-refractivity contribution in [2.45, 2.75) is 26.2 Å². The van der Waals surface area contributed by atoms with Crippen molar-refractivity contribution in [3.63, 3.8) is 0 Å². The van der Waals surface area contributed by atoms with Gasteiger partial charge < -0.3 is 15.3 Å². The van der Waals surface area contributed by atoms with Crippen LogP contribution in [0.4, 0.5) is 0 Å². The van der Waals surface area contributed by atoms with Gasteiger partial charge in [0.25, 0.3) is 5.91 Å². The molecule has 0 radical (unpaired) electrons. The number of hydrogen-bond acceptors (Lipinski definition) is 3. The summed E-state index contributed by atoms with van der Waals surface area (Å²) in [6.45, 7) is 5.52. The van der Waals surface area contributed by atoms with Gasteiger partial charge in [-0.2, -0.15) is 0 Å². The molecule has 1 saturated heterocycles. The molecule has 5 heteroatoms. The molecule has 116 valence electrons. The van der Waals surface area contributed by atoms with Crippen LogP contribution in [0.2, 0.25) is 5.02 Å². The maximum absolute atomic E-state index is 12.6. The third-order valence-corrected chi connectivity index (χ3v) is 4.08. The van der Waals surface area contributed by atoms with Gasteiger partial charge in [0.05, 0.1) is 5.56 Å². The highest BCUT2D eigenvalue weighted by molar-refractivity contribution is 6.30. The number of phenolic OH excluding ortho intramolecular Hbond substituents is 1. The number of nitrogens with zero attached hydrogens (tertiary/aromatic N) is 1. The van der Waals surface area contributed by atoms with Crippen LogP contribution in [0.25, 0.3) is 0 Å². The van der Waals surface area contributed by atoms with E-state index in [1.165, 1.54) is 6.07 Å². The number of hydrogen-bond donors (Lipinski definition) is 2. The van der Waals surface area contributed by atoms with Gasteiger partial charge in [0.15, 0.2) is 0 Å². The Balaban J connectivity index is 2.10. The quantitative estimate of drug-likeness (QED) is 0.879. The van der Waals surface area contributed by atoms with Crippen molar-refractivity contribution in [3.05, 3.63) is 28.8 Å². The maximum Gasteiger partial charge on any atom is 0.257 e. The van der Waals surface area contributed by atoms with Crippen LogP contribution in [0.5, 0.6) is 5.75 Å². The highest BCUT2D eigenvalue weighted by Gasteiger charge is 2.23. The maximum atomic E-state index is 12.6. The Morgan fingerprint density at radius 2 is 2.33 bits per heavy atom. The molecule has 0 spiro atoms. The molecule has 1 aliphatic heterocycles. The molecule has 2 N–H and O–H groups in total. The van der Waals surface area contributed by atoms with E-state index in [2.05, 4.69) is 12.2 Å². The van der Waals surface area contributed by atoms with Crippen LogP contribution >= 0.6 is 11.6 Å². The van der Waals surface area contributed by atoms with Crippen LogP contribution in [0.1, 0.15) is 36.5 Å². The standard InChI is InChI=1S/C16H23ClN2O2/c1-2-8-19(11-12-4-3-7-18-10-12)16(21)14-6-5-13(17)9-15(14)20/h5-6,9,12,18,20H,2-4,7-8,10-11H2,1H3. The lowest BCUT2D eigenvalue weighted by Crippen LogP contribution is -2.41. The summed E-state index contributed by atoms with van der Waals surface area (Å²) in [6, 6.07) is 4.66. The van der Waals surface area contributed by atoms with Crippen molar-refractivity contribution in [3.8, 4) is 5.75 Å². The second-order valence-electron chi connectivity index (χ2n) is 5.63. The van der Waals surface area contributed by atoms with Gasteiger partial charge in [0, 0.05) is 18.1 Å². The summed E-state index contributed by atoms with van der Waals surface area (Å²) in [6.07, 6.45) is 3.21. The van der Waals surface area contributed by atoms with Crippen molar-refractivity contribution < 1.29 is 9.90 Å². The Labute approximate surface area is 131 Å². The molecule has 0 aliphatic carbocycles. The van der Waals surface area contributed by atoms with Crippen LogP contribution < -0.4 is 5.32 Å². The smallest absolute Gasteiger partial charge is 0.257 e. The normalized spacial score (nSPS) is 18.5. The first-order valence-electron chi connectivity index (χ1n) is 7.60. The number of aromatic hydroxyl groups is 1. The molecule has 21 heavy (non-hydrogen) atoms. The fourth-order valence-corrected chi connectivity index (χ4v) is 2.96. The van der Waals surface area contributed by atoms with E-state index in [1.807, 2.05) is 4.90 Å². The predicted molar refractivity (Wildman–Crippen MR) is 84.9 cm³/mol. The summed E-state index contributed by atoms with van der Waals surface area (Å²) in [5, 5.41) is 13.7. The summed E-state index contributed by atoms with van der Waals surface area (Å²) in [4.78, 5) is 14.5. The number of amides is 1. The van der Waals surface area contributed by atoms with Crippen molar-refractivity contribution in [2.24, 2.45) is 5.92 Å². The first-order chi connectivity index (χ1) is 10.1. The molecule has 0 saturated carbocycles. The van der Waals surface area contributed by atoms with E-state index in [1.54, 1.807) is 12.1 Å². The van der Waals surface area contributed by atoms with E-state index in [-0.39, 0.29) is 11.7 Å². The minimum absolute atomic E-state index is 0.0460. The Hall–Kier alpha value is -1.26. The van der Waals surface area contributed by atoms with Crippen molar-refractivity contribution in [1.82, 2.24) is 10.2 Å². The highest BCUT2D eigenvalue weighted by atomic mass is 35.5. The van der Waals surface area contributed by atoms with Crippen LogP contribution in [-0.4, -0.2) is 42.1 Å². The number of rotatable bonds is 5. The molecule has 0 bridgehead atoms. The largest absolute Gasteiger partial charge is 0.507 e. The van der Waals surface area contributed by atoms with Crippen LogP contribution in [0, 0.1) is 5.92 Å². The van der Waals surface area contributed by atoms with Gasteiger partial charge in [-0.15, -0.1) is 0 Å². The van der Waals surface area contributed by atoms with E-state index in [0.29, 0.717) is 23.0 Å². The minimum atomic E-state index is -0.114. The molecule has 0 aromatic heterocycles. The molecule has 1 heterocycles. The predicted octanol–water partition coefficient (Wildman–Crippen LogP) is 2.90. The molecule has 2 rings (SSSR count).